The first kappa shape index (κ1) is 15.5. The van der Waals surface area contributed by atoms with Gasteiger partial charge >= 0.3 is 0 Å². The van der Waals surface area contributed by atoms with Gasteiger partial charge in [0.25, 0.3) is 5.91 Å². The second kappa shape index (κ2) is 5.88. The monoisotopic (exact) mass is 374 g/mol. The largest absolute Gasteiger partial charge is 0.495 e. The molecular formula is C12H11BrN2O5S. The lowest BCUT2D eigenvalue weighted by atomic mass is 10.2. The van der Waals surface area contributed by atoms with Crippen molar-refractivity contribution in [3.8, 4) is 5.75 Å². The summed E-state index contributed by atoms with van der Waals surface area (Å²) in [6.45, 7) is 0. The highest BCUT2D eigenvalue weighted by Crippen LogP contribution is 2.28. The molecule has 21 heavy (non-hydrogen) atoms. The maximum absolute atomic E-state index is 12.1. The van der Waals surface area contributed by atoms with E-state index in [1.54, 1.807) is 0 Å². The molecule has 7 nitrogen and oxygen atoms in total. The van der Waals surface area contributed by atoms with Gasteiger partial charge in [0.15, 0.2) is 4.67 Å². The molecule has 2 rings (SSSR count). The topological polar surface area (TPSA) is 112 Å². The molecule has 112 valence electrons. The fraction of sp³-hybridized carbons (Fsp3) is 0.0833. The number of rotatable bonds is 4. The predicted molar refractivity (Wildman–Crippen MR) is 78.7 cm³/mol. The van der Waals surface area contributed by atoms with Gasteiger partial charge in [0.1, 0.15) is 5.75 Å². The Balaban J connectivity index is 2.38. The van der Waals surface area contributed by atoms with Crippen molar-refractivity contribution in [2.75, 3.05) is 12.4 Å². The first-order valence-corrected chi connectivity index (χ1v) is 7.92. The highest BCUT2D eigenvalue weighted by atomic mass is 79.9. The first-order valence-electron chi connectivity index (χ1n) is 5.58. The lowest BCUT2D eigenvalue weighted by Gasteiger charge is -2.11. The third-order valence-electron chi connectivity index (χ3n) is 2.61. The van der Waals surface area contributed by atoms with Crippen molar-refractivity contribution in [3.05, 3.63) is 40.8 Å². The number of sulfonamides is 1. The summed E-state index contributed by atoms with van der Waals surface area (Å²) in [5.74, 6) is -0.184. The van der Waals surface area contributed by atoms with E-state index < -0.39 is 15.9 Å². The van der Waals surface area contributed by atoms with Crippen molar-refractivity contribution in [1.29, 1.82) is 0 Å². The van der Waals surface area contributed by atoms with Gasteiger partial charge in [-0.25, -0.2) is 13.6 Å². The molecule has 0 aliphatic rings. The standard InChI is InChI=1S/C12H11BrN2O5S/c1-19-10-3-2-7(21(14,17)18)6-9(10)15-12(16)8-4-5-20-11(8)13/h2-6H,1H3,(H,15,16)(H2,14,17,18). The zero-order valence-electron chi connectivity index (χ0n) is 10.8. The summed E-state index contributed by atoms with van der Waals surface area (Å²) in [4.78, 5) is 12.0. The van der Waals surface area contributed by atoms with Crippen LogP contribution in [-0.4, -0.2) is 21.4 Å². The summed E-state index contributed by atoms with van der Waals surface area (Å²) < 4.78 is 33.0. The Morgan fingerprint density at radius 2 is 2.10 bits per heavy atom. The van der Waals surface area contributed by atoms with E-state index in [0.717, 1.165) is 0 Å². The Morgan fingerprint density at radius 1 is 1.38 bits per heavy atom. The number of halogens is 1. The second-order valence-electron chi connectivity index (χ2n) is 3.97. The molecule has 0 bridgehead atoms. The number of nitrogens with two attached hydrogens (primary N) is 1. The molecule has 0 aliphatic heterocycles. The molecule has 1 heterocycles. The fourth-order valence-corrected chi connectivity index (χ4v) is 2.57. The molecule has 1 amide bonds. The van der Waals surface area contributed by atoms with E-state index in [4.69, 9.17) is 14.3 Å². The van der Waals surface area contributed by atoms with Crippen molar-refractivity contribution in [1.82, 2.24) is 0 Å². The van der Waals surface area contributed by atoms with Crippen molar-refractivity contribution < 1.29 is 22.4 Å². The highest BCUT2D eigenvalue weighted by Gasteiger charge is 2.17. The zero-order chi connectivity index (χ0) is 15.6. The lowest BCUT2D eigenvalue weighted by molar-refractivity contribution is 0.102. The third kappa shape index (κ3) is 3.43. The number of primary sulfonamides is 1. The van der Waals surface area contributed by atoms with Gasteiger partial charge in [0.05, 0.1) is 29.5 Å². The number of hydrogen-bond acceptors (Lipinski definition) is 5. The molecule has 0 atom stereocenters. The number of carbonyl (C=O) groups is 1. The van der Waals surface area contributed by atoms with Gasteiger partial charge in [-0.05, 0) is 40.2 Å². The minimum absolute atomic E-state index is 0.134. The number of ether oxygens (including phenoxy) is 1. The van der Waals surface area contributed by atoms with Gasteiger partial charge in [-0.2, -0.15) is 0 Å². The summed E-state index contributed by atoms with van der Waals surface area (Å²) in [6.07, 6.45) is 1.34. The van der Waals surface area contributed by atoms with Gasteiger partial charge < -0.3 is 14.5 Å². The molecule has 1 aromatic carbocycles. The van der Waals surface area contributed by atoms with Crippen molar-refractivity contribution in [2.24, 2.45) is 5.14 Å². The Labute approximate surface area is 129 Å². The Bertz CT molecular complexity index is 785. The van der Waals surface area contributed by atoms with Crippen LogP contribution in [0.15, 0.2) is 44.5 Å². The van der Waals surface area contributed by atoms with E-state index in [1.165, 1.54) is 37.6 Å². The van der Waals surface area contributed by atoms with E-state index in [1.807, 2.05) is 0 Å². The molecule has 0 saturated heterocycles. The maximum atomic E-state index is 12.1. The van der Waals surface area contributed by atoms with Crippen molar-refractivity contribution >= 4 is 37.5 Å². The number of anilines is 1. The summed E-state index contributed by atoms with van der Waals surface area (Å²) in [5, 5.41) is 7.61. The fourth-order valence-electron chi connectivity index (χ4n) is 1.61. The van der Waals surface area contributed by atoms with Gasteiger partial charge in [-0.1, -0.05) is 0 Å². The number of methoxy groups -OCH3 is 1. The third-order valence-corrected chi connectivity index (χ3v) is 4.14. The van der Waals surface area contributed by atoms with Crippen LogP contribution in [0.2, 0.25) is 0 Å². The summed E-state index contributed by atoms with van der Waals surface area (Å²) in [6, 6.07) is 5.38. The average molecular weight is 375 g/mol. The summed E-state index contributed by atoms with van der Waals surface area (Å²) in [7, 11) is -2.48. The average Bonchev–Trinajstić information content (AvgIpc) is 2.84. The van der Waals surface area contributed by atoms with Gasteiger partial charge in [0.2, 0.25) is 10.0 Å². The van der Waals surface area contributed by atoms with E-state index in [0.29, 0.717) is 5.75 Å². The number of furan rings is 1. The van der Waals surface area contributed by atoms with E-state index >= 15 is 0 Å². The Hall–Kier alpha value is -1.84. The maximum Gasteiger partial charge on any atom is 0.260 e. The van der Waals surface area contributed by atoms with Crippen LogP contribution in [0, 0.1) is 0 Å². The molecule has 1 aromatic heterocycles. The van der Waals surface area contributed by atoms with Gasteiger partial charge in [0, 0.05) is 0 Å². The van der Waals surface area contributed by atoms with Crippen LogP contribution in [0.5, 0.6) is 5.75 Å². The summed E-state index contributed by atoms with van der Waals surface area (Å²) >= 11 is 3.09. The number of amides is 1. The highest BCUT2D eigenvalue weighted by molar-refractivity contribution is 9.10. The zero-order valence-corrected chi connectivity index (χ0v) is 13.2. The quantitative estimate of drug-likeness (QED) is 0.849. The molecule has 0 unspecified atom stereocenters. The SMILES string of the molecule is COc1ccc(S(N)(=O)=O)cc1NC(=O)c1ccoc1Br. The van der Waals surface area contributed by atoms with Crippen LogP contribution in [0.4, 0.5) is 5.69 Å². The second-order valence-corrected chi connectivity index (χ2v) is 6.25. The number of nitrogens with one attached hydrogen (secondary N) is 1. The van der Waals surface area contributed by atoms with Crippen LogP contribution >= 0.6 is 15.9 Å². The molecule has 0 saturated carbocycles. The van der Waals surface area contributed by atoms with Crippen molar-refractivity contribution in [3.63, 3.8) is 0 Å². The van der Waals surface area contributed by atoms with Crippen LogP contribution < -0.4 is 15.2 Å². The smallest absolute Gasteiger partial charge is 0.260 e. The Morgan fingerprint density at radius 3 is 2.62 bits per heavy atom. The van der Waals surface area contributed by atoms with Crippen LogP contribution in [-0.2, 0) is 10.0 Å². The number of hydrogen-bond donors (Lipinski definition) is 2. The molecule has 0 spiro atoms. The minimum Gasteiger partial charge on any atom is -0.495 e. The van der Waals surface area contributed by atoms with Crippen LogP contribution in [0.1, 0.15) is 10.4 Å². The molecular weight excluding hydrogens is 364 g/mol. The molecule has 9 heteroatoms. The molecule has 0 radical (unpaired) electrons. The molecule has 2 aromatic rings. The lowest BCUT2D eigenvalue weighted by Crippen LogP contribution is -2.15. The number of carbonyl (C=O) groups excluding carboxylic acids is 1. The minimum atomic E-state index is -3.88. The van der Waals surface area contributed by atoms with Gasteiger partial charge in [-0.15, -0.1) is 0 Å². The van der Waals surface area contributed by atoms with Crippen LogP contribution in [0.3, 0.4) is 0 Å². The van der Waals surface area contributed by atoms with E-state index in [2.05, 4.69) is 21.2 Å². The van der Waals surface area contributed by atoms with Gasteiger partial charge in [-0.3, -0.25) is 4.79 Å². The van der Waals surface area contributed by atoms with Crippen LogP contribution in [0.25, 0.3) is 0 Å². The molecule has 3 N–H and O–H groups in total. The summed E-state index contributed by atoms with van der Waals surface area (Å²) in [5.41, 5.74) is 0.445. The Kier molecular flexibility index (Phi) is 4.35. The normalized spacial score (nSPS) is 11.2. The predicted octanol–water partition coefficient (Wildman–Crippen LogP) is 1.95. The molecule has 0 aliphatic carbocycles. The van der Waals surface area contributed by atoms with Crippen molar-refractivity contribution in [2.45, 2.75) is 4.90 Å². The van der Waals surface area contributed by atoms with E-state index in [9.17, 15) is 13.2 Å². The first-order chi connectivity index (χ1) is 9.82. The molecule has 0 fully saturated rings. The number of benzene rings is 1. The van der Waals surface area contributed by atoms with E-state index in [-0.39, 0.29) is 20.8 Å².